The third kappa shape index (κ3) is 7.68. The monoisotopic (exact) mass is 483 g/mol. The summed E-state index contributed by atoms with van der Waals surface area (Å²) in [7, 11) is 2.87. The SMILES string of the molecule is CCCC(=O)Nc1ccc(-c2cccc(Oc3nc(OC)cc(OC)n3)c2C(=O)O)cc1.CCO. The van der Waals surface area contributed by atoms with Gasteiger partial charge in [0.15, 0.2) is 0 Å². The Morgan fingerprint density at radius 2 is 1.57 bits per heavy atom. The highest BCUT2D eigenvalue weighted by atomic mass is 16.5. The minimum absolute atomic E-state index is 0.0549. The van der Waals surface area contributed by atoms with Gasteiger partial charge in [0.25, 0.3) is 0 Å². The van der Waals surface area contributed by atoms with Gasteiger partial charge in [-0.3, -0.25) is 4.79 Å². The van der Waals surface area contributed by atoms with Crippen LogP contribution in [-0.4, -0.2) is 52.9 Å². The van der Waals surface area contributed by atoms with Crippen LogP contribution in [-0.2, 0) is 4.79 Å². The molecule has 10 heteroatoms. The normalized spacial score (nSPS) is 9.97. The quantitative estimate of drug-likeness (QED) is 0.404. The summed E-state index contributed by atoms with van der Waals surface area (Å²) < 4.78 is 15.9. The molecule has 0 aliphatic carbocycles. The van der Waals surface area contributed by atoms with Crippen molar-refractivity contribution >= 4 is 17.6 Å². The summed E-state index contributed by atoms with van der Waals surface area (Å²) in [5.74, 6) is -0.770. The minimum Gasteiger partial charge on any atom is -0.481 e. The molecule has 1 aromatic heterocycles. The summed E-state index contributed by atoms with van der Waals surface area (Å²) in [5, 5.41) is 20.3. The molecule has 0 aliphatic heterocycles. The fraction of sp³-hybridized carbons (Fsp3) is 0.280. The number of hydrogen-bond acceptors (Lipinski definition) is 8. The predicted molar refractivity (Wildman–Crippen MR) is 130 cm³/mol. The Balaban J connectivity index is 0.00000137. The van der Waals surface area contributed by atoms with Gasteiger partial charge in [0.1, 0.15) is 11.3 Å². The lowest BCUT2D eigenvalue weighted by molar-refractivity contribution is -0.116. The van der Waals surface area contributed by atoms with Crippen molar-refractivity contribution in [2.75, 3.05) is 26.1 Å². The Morgan fingerprint density at radius 1 is 0.971 bits per heavy atom. The number of ether oxygens (including phenoxy) is 3. The highest BCUT2D eigenvalue weighted by molar-refractivity contribution is 5.99. The van der Waals surface area contributed by atoms with Gasteiger partial charge in [0.05, 0.1) is 20.3 Å². The van der Waals surface area contributed by atoms with Gasteiger partial charge >= 0.3 is 12.0 Å². The fourth-order valence-electron chi connectivity index (χ4n) is 3.00. The number of carbonyl (C=O) groups is 2. The zero-order chi connectivity index (χ0) is 25.8. The average Bonchev–Trinajstić information content (AvgIpc) is 2.84. The molecule has 2 aromatic carbocycles. The van der Waals surface area contributed by atoms with E-state index in [9.17, 15) is 14.7 Å². The third-order valence-corrected chi connectivity index (χ3v) is 4.47. The van der Waals surface area contributed by atoms with E-state index in [1.165, 1.54) is 26.4 Å². The minimum atomic E-state index is -1.18. The Hall–Kier alpha value is -4.18. The van der Waals surface area contributed by atoms with Crippen molar-refractivity contribution in [3.63, 3.8) is 0 Å². The lowest BCUT2D eigenvalue weighted by atomic mass is 9.98. The van der Waals surface area contributed by atoms with Crippen molar-refractivity contribution in [2.24, 2.45) is 0 Å². The van der Waals surface area contributed by atoms with E-state index >= 15 is 0 Å². The number of carboxylic acid groups (broad SMARTS) is 1. The summed E-state index contributed by atoms with van der Waals surface area (Å²) in [4.78, 5) is 32.1. The van der Waals surface area contributed by atoms with Crippen LogP contribution in [0.25, 0.3) is 11.1 Å². The van der Waals surface area contributed by atoms with Crippen molar-refractivity contribution < 1.29 is 34.0 Å². The van der Waals surface area contributed by atoms with E-state index in [-0.39, 0.29) is 41.6 Å². The zero-order valence-corrected chi connectivity index (χ0v) is 20.1. The second kappa shape index (κ2) is 13.5. The van der Waals surface area contributed by atoms with Crippen LogP contribution >= 0.6 is 0 Å². The summed E-state index contributed by atoms with van der Waals surface area (Å²) in [6.07, 6.45) is 1.18. The van der Waals surface area contributed by atoms with Gasteiger partial charge in [0.2, 0.25) is 17.7 Å². The molecule has 0 radical (unpaired) electrons. The fourth-order valence-corrected chi connectivity index (χ4v) is 3.00. The molecule has 3 aromatic rings. The van der Waals surface area contributed by atoms with Crippen molar-refractivity contribution in [3.05, 3.63) is 54.1 Å². The molecule has 0 aliphatic rings. The molecule has 0 bridgehead atoms. The number of rotatable bonds is 9. The maximum Gasteiger partial charge on any atom is 0.340 e. The van der Waals surface area contributed by atoms with Gasteiger partial charge in [-0.1, -0.05) is 31.2 Å². The number of nitrogens with zero attached hydrogens (tertiary/aromatic N) is 2. The van der Waals surface area contributed by atoms with Gasteiger partial charge < -0.3 is 29.7 Å². The Morgan fingerprint density at radius 3 is 2.09 bits per heavy atom. The van der Waals surface area contributed by atoms with Crippen molar-refractivity contribution in [3.8, 4) is 34.6 Å². The molecule has 1 heterocycles. The van der Waals surface area contributed by atoms with E-state index in [0.717, 1.165) is 6.42 Å². The molecule has 0 saturated carbocycles. The number of carbonyl (C=O) groups excluding carboxylic acids is 1. The van der Waals surface area contributed by atoms with Crippen LogP contribution in [0.3, 0.4) is 0 Å². The number of benzene rings is 2. The highest BCUT2D eigenvalue weighted by Gasteiger charge is 2.20. The molecule has 0 saturated heterocycles. The van der Waals surface area contributed by atoms with Crippen LogP contribution in [0, 0.1) is 0 Å². The lowest BCUT2D eigenvalue weighted by Gasteiger charge is -2.13. The molecule has 10 nitrogen and oxygen atoms in total. The summed E-state index contributed by atoms with van der Waals surface area (Å²) in [6.45, 7) is 3.86. The number of methoxy groups -OCH3 is 2. The summed E-state index contributed by atoms with van der Waals surface area (Å²) >= 11 is 0. The maximum atomic E-state index is 12.1. The average molecular weight is 484 g/mol. The second-order valence-electron chi connectivity index (χ2n) is 7.01. The van der Waals surface area contributed by atoms with Crippen LogP contribution < -0.4 is 19.5 Å². The number of aromatic carboxylic acids is 1. The van der Waals surface area contributed by atoms with Crippen LogP contribution in [0.2, 0.25) is 0 Å². The Bertz CT molecular complexity index is 1110. The van der Waals surface area contributed by atoms with Crippen LogP contribution in [0.15, 0.2) is 48.5 Å². The van der Waals surface area contributed by atoms with Gasteiger partial charge in [0, 0.05) is 18.7 Å². The first kappa shape index (κ1) is 27.1. The molecule has 35 heavy (non-hydrogen) atoms. The van der Waals surface area contributed by atoms with E-state index < -0.39 is 5.97 Å². The molecule has 1 amide bonds. The topological polar surface area (TPSA) is 140 Å². The van der Waals surface area contributed by atoms with Gasteiger partial charge in [-0.25, -0.2) is 4.79 Å². The van der Waals surface area contributed by atoms with Gasteiger partial charge in [-0.2, -0.15) is 9.97 Å². The maximum absolute atomic E-state index is 12.1. The van der Waals surface area contributed by atoms with E-state index in [4.69, 9.17) is 19.3 Å². The van der Waals surface area contributed by atoms with Gasteiger partial charge in [-0.05, 0) is 42.7 Å². The first-order chi connectivity index (χ1) is 16.9. The lowest BCUT2D eigenvalue weighted by Crippen LogP contribution is -2.10. The molecule has 3 rings (SSSR count). The number of aromatic nitrogens is 2. The number of anilines is 1. The van der Waals surface area contributed by atoms with Crippen molar-refractivity contribution in [1.29, 1.82) is 0 Å². The standard InChI is InChI=1S/C23H23N3O6.C2H6O/c1-4-6-18(27)24-15-11-9-14(10-12-15)16-7-5-8-17(21(16)22(28)29)32-23-25-19(30-2)13-20(26-23)31-3;1-2-3/h5,7-13H,4,6H2,1-3H3,(H,24,27)(H,28,29);3H,2H2,1H3. The van der Waals surface area contributed by atoms with E-state index in [2.05, 4.69) is 15.3 Å². The Kier molecular flexibility index (Phi) is 10.4. The van der Waals surface area contributed by atoms with Crippen molar-refractivity contribution in [1.82, 2.24) is 9.97 Å². The van der Waals surface area contributed by atoms with Crippen LogP contribution in [0.4, 0.5) is 5.69 Å². The Labute approximate surface area is 203 Å². The smallest absolute Gasteiger partial charge is 0.340 e. The number of carboxylic acids is 1. The largest absolute Gasteiger partial charge is 0.481 e. The molecule has 186 valence electrons. The number of amides is 1. The first-order valence-electron chi connectivity index (χ1n) is 10.9. The summed E-state index contributed by atoms with van der Waals surface area (Å²) in [5.41, 5.74) is 1.66. The second-order valence-corrected chi connectivity index (χ2v) is 7.01. The number of hydrogen-bond donors (Lipinski definition) is 3. The van der Waals surface area contributed by atoms with E-state index in [1.54, 1.807) is 43.3 Å². The third-order valence-electron chi connectivity index (χ3n) is 4.47. The van der Waals surface area contributed by atoms with Crippen LogP contribution in [0.1, 0.15) is 37.0 Å². The van der Waals surface area contributed by atoms with Crippen LogP contribution in [0.5, 0.6) is 23.5 Å². The first-order valence-corrected chi connectivity index (χ1v) is 10.9. The highest BCUT2D eigenvalue weighted by Crippen LogP contribution is 2.34. The molecule has 0 fully saturated rings. The molecular formula is C25H29N3O7. The number of aliphatic hydroxyl groups excluding tert-OH is 1. The molecule has 3 N–H and O–H groups in total. The van der Waals surface area contributed by atoms with Gasteiger partial charge in [-0.15, -0.1) is 0 Å². The summed E-state index contributed by atoms with van der Waals surface area (Å²) in [6, 6.07) is 13.1. The molecular weight excluding hydrogens is 454 g/mol. The number of nitrogens with one attached hydrogen (secondary N) is 1. The zero-order valence-electron chi connectivity index (χ0n) is 20.1. The van der Waals surface area contributed by atoms with E-state index in [1.807, 2.05) is 6.92 Å². The molecule has 0 unspecified atom stereocenters. The molecule has 0 spiro atoms. The predicted octanol–water partition coefficient (Wildman–Crippen LogP) is 4.39. The molecule has 0 atom stereocenters. The number of aliphatic hydroxyl groups is 1. The van der Waals surface area contributed by atoms with E-state index in [0.29, 0.717) is 23.2 Å². The van der Waals surface area contributed by atoms with Crippen molar-refractivity contribution in [2.45, 2.75) is 26.7 Å².